The van der Waals surface area contributed by atoms with E-state index < -0.39 is 23.3 Å². The van der Waals surface area contributed by atoms with Crippen molar-refractivity contribution in [2.45, 2.75) is 6.61 Å². The Morgan fingerprint density at radius 1 is 1.56 bits per heavy atom. The van der Waals surface area contributed by atoms with Crippen molar-refractivity contribution in [3.05, 3.63) is 22.8 Å². The van der Waals surface area contributed by atoms with Gasteiger partial charge in [0, 0.05) is 5.56 Å². The first kappa shape index (κ1) is 10.3. The van der Waals surface area contributed by atoms with Crippen molar-refractivity contribution in [2.24, 2.45) is 0 Å². The first-order valence-electron chi connectivity index (χ1n) is 4.39. The van der Waals surface area contributed by atoms with Crippen molar-refractivity contribution in [1.29, 1.82) is 0 Å². The highest BCUT2D eigenvalue weighted by Gasteiger charge is 2.32. The number of esters is 1. The SMILES string of the molecule is COc1c(C(=O)O)c(O)cc2c1C(=O)OC2. The van der Waals surface area contributed by atoms with Crippen LogP contribution in [0.25, 0.3) is 0 Å². The topological polar surface area (TPSA) is 93.1 Å². The van der Waals surface area contributed by atoms with E-state index in [1.54, 1.807) is 0 Å². The van der Waals surface area contributed by atoms with E-state index in [9.17, 15) is 14.7 Å². The summed E-state index contributed by atoms with van der Waals surface area (Å²) in [5.41, 5.74) is 0.0575. The number of phenols is 1. The van der Waals surface area contributed by atoms with Gasteiger partial charge in [-0.15, -0.1) is 0 Å². The zero-order valence-corrected chi connectivity index (χ0v) is 8.31. The van der Waals surface area contributed by atoms with Gasteiger partial charge >= 0.3 is 11.9 Å². The maximum atomic E-state index is 11.4. The Hall–Kier alpha value is -2.24. The number of carboxylic acids is 1. The first-order chi connectivity index (χ1) is 7.56. The first-order valence-corrected chi connectivity index (χ1v) is 4.39. The molecule has 0 amide bonds. The summed E-state index contributed by atoms with van der Waals surface area (Å²) in [6, 6.07) is 1.20. The summed E-state index contributed by atoms with van der Waals surface area (Å²) in [6.45, 7) is 0.0119. The molecule has 0 saturated heterocycles. The lowest BCUT2D eigenvalue weighted by Crippen LogP contribution is -2.06. The second-order valence-corrected chi connectivity index (χ2v) is 3.22. The minimum absolute atomic E-state index is 0.0119. The van der Waals surface area contributed by atoms with Crippen LogP contribution in [0.4, 0.5) is 0 Å². The fourth-order valence-corrected chi connectivity index (χ4v) is 1.66. The monoisotopic (exact) mass is 224 g/mol. The van der Waals surface area contributed by atoms with Gasteiger partial charge in [0.25, 0.3) is 0 Å². The number of hydrogen-bond donors (Lipinski definition) is 2. The van der Waals surface area contributed by atoms with Crippen molar-refractivity contribution >= 4 is 11.9 Å². The molecule has 0 aromatic heterocycles. The largest absolute Gasteiger partial charge is 0.507 e. The molecule has 0 spiro atoms. The van der Waals surface area contributed by atoms with Crippen LogP contribution in [-0.4, -0.2) is 29.3 Å². The Kier molecular flexibility index (Phi) is 2.19. The lowest BCUT2D eigenvalue weighted by Gasteiger charge is -2.09. The molecule has 0 radical (unpaired) electrons. The number of aromatic carboxylic acids is 1. The summed E-state index contributed by atoms with van der Waals surface area (Å²) in [5, 5.41) is 18.4. The van der Waals surface area contributed by atoms with E-state index in [4.69, 9.17) is 14.6 Å². The summed E-state index contributed by atoms with van der Waals surface area (Å²) in [4.78, 5) is 22.3. The predicted octanol–water partition coefficient (Wildman–Crippen LogP) is 0.769. The lowest BCUT2D eigenvalue weighted by molar-refractivity contribution is 0.0533. The number of carbonyl (C=O) groups excluding carboxylic acids is 1. The molecule has 84 valence electrons. The molecule has 1 heterocycles. The number of methoxy groups -OCH3 is 1. The molecule has 0 unspecified atom stereocenters. The van der Waals surface area contributed by atoms with Gasteiger partial charge in [-0.1, -0.05) is 0 Å². The number of aromatic hydroxyl groups is 1. The maximum Gasteiger partial charge on any atom is 0.343 e. The van der Waals surface area contributed by atoms with Gasteiger partial charge in [0.05, 0.1) is 7.11 Å². The Labute approximate surface area is 90.0 Å². The molecular formula is C10H8O6. The maximum absolute atomic E-state index is 11.4. The highest BCUT2D eigenvalue weighted by atomic mass is 16.5. The van der Waals surface area contributed by atoms with Gasteiger partial charge < -0.3 is 19.7 Å². The van der Waals surface area contributed by atoms with Crippen molar-refractivity contribution in [3.63, 3.8) is 0 Å². The number of ether oxygens (including phenoxy) is 2. The van der Waals surface area contributed by atoms with Crippen molar-refractivity contribution in [2.75, 3.05) is 7.11 Å². The second-order valence-electron chi connectivity index (χ2n) is 3.22. The molecule has 6 heteroatoms. The molecule has 1 aliphatic rings. The van der Waals surface area contributed by atoms with E-state index in [-0.39, 0.29) is 17.9 Å². The number of rotatable bonds is 2. The normalized spacial score (nSPS) is 13.2. The molecule has 16 heavy (non-hydrogen) atoms. The number of hydrogen-bond acceptors (Lipinski definition) is 5. The number of carboxylic acid groups (broad SMARTS) is 1. The van der Waals surface area contributed by atoms with Crippen LogP contribution in [0.1, 0.15) is 26.3 Å². The van der Waals surface area contributed by atoms with Crippen LogP contribution in [0.5, 0.6) is 11.5 Å². The molecule has 6 nitrogen and oxygen atoms in total. The summed E-state index contributed by atoms with van der Waals surface area (Å²) < 4.78 is 9.59. The van der Waals surface area contributed by atoms with Crippen LogP contribution in [0.3, 0.4) is 0 Å². The summed E-state index contributed by atoms with van der Waals surface area (Å²) in [5.74, 6) is -2.61. The summed E-state index contributed by atoms with van der Waals surface area (Å²) in [6.07, 6.45) is 0. The zero-order valence-electron chi connectivity index (χ0n) is 8.31. The molecule has 1 aromatic rings. The van der Waals surface area contributed by atoms with E-state index in [0.29, 0.717) is 5.56 Å². The fourth-order valence-electron chi connectivity index (χ4n) is 1.66. The van der Waals surface area contributed by atoms with Crippen molar-refractivity contribution in [3.8, 4) is 11.5 Å². The quantitative estimate of drug-likeness (QED) is 0.720. The van der Waals surface area contributed by atoms with Gasteiger partial charge in [-0.05, 0) is 6.07 Å². The fraction of sp³-hybridized carbons (Fsp3) is 0.200. The van der Waals surface area contributed by atoms with Gasteiger partial charge in [-0.3, -0.25) is 0 Å². The molecular weight excluding hydrogens is 216 g/mol. The molecule has 2 rings (SSSR count). The Morgan fingerprint density at radius 3 is 2.81 bits per heavy atom. The number of benzene rings is 1. The van der Waals surface area contributed by atoms with Crippen molar-refractivity contribution < 1.29 is 29.3 Å². The minimum atomic E-state index is -1.36. The molecule has 1 aliphatic heterocycles. The van der Waals surface area contributed by atoms with E-state index >= 15 is 0 Å². The van der Waals surface area contributed by atoms with E-state index in [1.165, 1.54) is 13.2 Å². The van der Waals surface area contributed by atoms with E-state index in [2.05, 4.69) is 0 Å². The Bertz CT molecular complexity index is 487. The van der Waals surface area contributed by atoms with E-state index in [0.717, 1.165) is 0 Å². The van der Waals surface area contributed by atoms with Crippen LogP contribution in [0.2, 0.25) is 0 Å². The lowest BCUT2D eigenvalue weighted by atomic mass is 10.0. The van der Waals surface area contributed by atoms with Crippen LogP contribution in [0, 0.1) is 0 Å². The summed E-state index contributed by atoms with van der Waals surface area (Å²) >= 11 is 0. The zero-order chi connectivity index (χ0) is 11.9. The highest BCUT2D eigenvalue weighted by molar-refractivity contribution is 6.03. The molecule has 2 N–H and O–H groups in total. The number of fused-ring (bicyclic) bond motifs is 1. The molecule has 0 atom stereocenters. The minimum Gasteiger partial charge on any atom is -0.507 e. The van der Waals surface area contributed by atoms with Gasteiger partial charge in [0.2, 0.25) is 0 Å². The molecule has 0 saturated carbocycles. The standard InChI is InChI=1S/C10H8O6/c1-15-8-6-4(3-16-10(6)14)2-5(11)7(8)9(12)13/h2,11H,3H2,1H3,(H,12,13). The molecule has 1 aromatic carbocycles. The summed E-state index contributed by atoms with van der Waals surface area (Å²) in [7, 11) is 1.23. The van der Waals surface area contributed by atoms with Crippen molar-refractivity contribution in [1.82, 2.24) is 0 Å². The predicted molar refractivity (Wildman–Crippen MR) is 50.7 cm³/mol. The van der Waals surface area contributed by atoms with Crippen LogP contribution in [0.15, 0.2) is 6.07 Å². The number of carbonyl (C=O) groups is 2. The van der Waals surface area contributed by atoms with Crippen LogP contribution in [-0.2, 0) is 11.3 Å². The molecule has 0 fully saturated rings. The Morgan fingerprint density at radius 2 is 2.25 bits per heavy atom. The smallest absolute Gasteiger partial charge is 0.343 e. The third kappa shape index (κ3) is 1.27. The molecule has 0 aliphatic carbocycles. The molecule has 0 bridgehead atoms. The average Bonchev–Trinajstić information content (AvgIpc) is 2.57. The van der Waals surface area contributed by atoms with Gasteiger partial charge in [0.1, 0.15) is 23.5 Å². The Balaban J connectivity index is 2.78. The van der Waals surface area contributed by atoms with Gasteiger partial charge in [-0.2, -0.15) is 0 Å². The highest BCUT2D eigenvalue weighted by Crippen LogP contribution is 2.38. The third-order valence-corrected chi connectivity index (χ3v) is 2.32. The average molecular weight is 224 g/mol. The van der Waals surface area contributed by atoms with Crippen LogP contribution < -0.4 is 4.74 Å². The number of cyclic esters (lactones) is 1. The van der Waals surface area contributed by atoms with Gasteiger partial charge in [-0.25, -0.2) is 9.59 Å². The van der Waals surface area contributed by atoms with Gasteiger partial charge in [0.15, 0.2) is 5.75 Å². The third-order valence-electron chi connectivity index (χ3n) is 2.32. The second kappa shape index (κ2) is 3.41. The van der Waals surface area contributed by atoms with E-state index in [1.807, 2.05) is 0 Å². The van der Waals surface area contributed by atoms with Crippen LogP contribution >= 0.6 is 0 Å².